The number of piperazine rings is 1. The van der Waals surface area contributed by atoms with Crippen LogP contribution in [-0.4, -0.2) is 57.8 Å². The maximum atomic E-state index is 5.67. The van der Waals surface area contributed by atoms with Crippen molar-refractivity contribution in [2.75, 3.05) is 51.8 Å². The highest BCUT2D eigenvalue weighted by Gasteiger charge is 2.19. The Hall–Kier alpha value is -2.16. The summed E-state index contributed by atoms with van der Waals surface area (Å²) in [6.07, 6.45) is 0. The zero-order valence-corrected chi connectivity index (χ0v) is 19.8. The third kappa shape index (κ3) is 6.16. The second-order valence-electron chi connectivity index (χ2n) is 6.63. The molecule has 158 valence electrons. The molecule has 0 saturated carbocycles. The molecule has 1 saturated heterocycles. The average molecular weight is 510 g/mol. The molecule has 0 aliphatic carbocycles. The number of hydrogen-bond acceptors (Lipinski definition) is 4. The van der Waals surface area contributed by atoms with Crippen LogP contribution in [0.4, 0.5) is 5.69 Å². The summed E-state index contributed by atoms with van der Waals surface area (Å²) in [6, 6.07) is 16.6. The molecule has 0 aromatic heterocycles. The summed E-state index contributed by atoms with van der Waals surface area (Å²) in [6.45, 7) is 7.14. The van der Waals surface area contributed by atoms with Gasteiger partial charge in [0.25, 0.3) is 0 Å². The van der Waals surface area contributed by atoms with Crippen LogP contribution in [0.1, 0.15) is 12.5 Å². The maximum absolute atomic E-state index is 5.67. The smallest absolute Gasteiger partial charge is 0.194 e. The first-order valence-corrected chi connectivity index (χ1v) is 9.80. The zero-order valence-electron chi connectivity index (χ0n) is 17.4. The molecule has 1 aliphatic rings. The van der Waals surface area contributed by atoms with E-state index in [1.165, 1.54) is 5.69 Å². The number of aliphatic imine (C=N–C) groups is 1. The van der Waals surface area contributed by atoms with Gasteiger partial charge in [0.1, 0.15) is 0 Å². The summed E-state index contributed by atoms with van der Waals surface area (Å²) in [4.78, 5) is 9.20. The van der Waals surface area contributed by atoms with Gasteiger partial charge in [-0.1, -0.05) is 24.3 Å². The molecule has 7 heteroatoms. The van der Waals surface area contributed by atoms with E-state index in [4.69, 9.17) is 9.47 Å². The molecule has 2 aromatic carbocycles. The van der Waals surface area contributed by atoms with Gasteiger partial charge in [-0.3, -0.25) is 4.99 Å². The molecule has 1 N–H and O–H groups in total. The van der Waals surface area contributed by atoms with Crippen LogP contribution in [-0.2, 0) is 6.54 Å². The molecule has 1 heterocycles. The van der Waals surface area contributed by atoms with Gasteiger partial charge in [-0.25, -0.2) is 0 Å². The number of para-hydroxylation sites is 1. The van der Waals surface area contributed by atoms with Gasteiger partial charge in [0.05, 0.1) is 13.7 Å². The van der Waals surface area contributed by atoms with Gasteiger partial charge in [0.2, 0.25) is 0 Å². The monoisotopic (exact) mass is 510 g/mol. The van der Waals surface area contributed by atoms with Crippen LogP contribution in [0, 0.1) is 0 Å². The van der Waals surface area contributed by atoms with E-state index in [-0.39, 0.29) is 24.0 Å². The highest BCUT2D eigenvalue weighted by atomic mass is 127. The second kappa shape index (κ2) is 11.7. The Kier molecular flexibility index (Phi) is 9.37. The number of rotatable bonds is 6. The summed E-state index contributed by atoms with van der Waals surface area (Å²) < 4.78 is 11.0. The Morgan fingerprint density at radius 2 is 1.76 bits per heavy atom. The first-order chi connectivity index (χ1) is 13.7. The van der Waals surface area contributed by atoms with E-state index in [1.807, 2.05) is 26.1 Å². The lowest BCUT2D eigenvalue weighted by Gasteiger charge is -2.37. The molecule has 1 fully saturated rings. The van der Waals surface area contributed by atoms with Crippen LogP contribution < -0.4 is 19.7 Å². The fourth-order valence-corrected chi connectivity index (χ4v) is 3.43. The lowest BCUT2D eigenvalue weighted by atomic mass is 10.2. The number of halogens is 1. The molecule has 1 aliphatic heterocycles. The van der Waals surface area contributed by atoms with E-state index >= 15 is 0 Å². The number of methoxy groups -OCH3 is 1. The average Bonchev–Trinajstić information content (AvgIpc) is 2.76. The predicted octanol–water partition coefficient (Wildman–Crippen LogP) is 3.61. The standard InChI is InChI=1S/C22H30N4O2.HI/c1-4-28-21-16-18(10-11-20(21)27-3)17-24-22(23-2)26-14-12-25(13-15-26)19-8-6-5-7-9-19;/h5-11,16H,4,12-15,17H2,1-3H3,(H,23,24);1H. The zero-order chi connectivity index (χ0) is 19.8. The number of benzene rings is 2. The third-order valence-corrected chi connectivity index (χ3v) is 4.89. The van der Waals surface area contributed by atoms with Gasteiger partial charge in [-0.05, 0) is 36.8 Å². The van der Waals surface area contributed by atoms with E-state index in [0.717, 1.165) is 49.2 Å². The number of guanidine groups is 1. The number of nitrogens with one attached hydrogen (secondary N) is 1. The van der Waals surface area contributed by atoms with Crippen molar-refractivity contribution < 1.29 is 9.47 Å². The predicted molar refractivity (Wildman–Crippen MR) is 130 cm³/mol. The molecule has 29 heavy (non-hydrogen) atoms. The summed E-state index contributed by atoms with van der Waals surface area (Å²) >= 11 is 0. The van der Waals surface area contributed by atoms with Gasteiger partial charge in [-0.15, -0.1) is 24.0 Å². The van der Waals surface area contributed by atoms with E-state index in [9.17, 15) is 0 Å². The topological polar surface area (TPSA) is 49.3 Å². The molecule has 0 unspecified atom stereocenters. The molecule has 0 amide bonds. The molecular weight excluding hydrogens is 479 g/mol. The number of ether oxygens (including phenoxy) is 2. The second-order valence-corrected chi connectivity index (χ2v) is 6.63. The lowest BCUT2D eigenvalue weighted by Crippen LogP contribution is -2.52. The van der Waals surface area contributed by atoms with Gasteiger partial charge < -0.3 is 24.6 Å². The van der Waals surface area contributed by atoms with E-state index < -0.39 is 0 Å². The Morgan fingerprint density at radius 1 is 1.03 bits per heavy atom. The number of hydrogen-bond donors (Lipinski definition) is 1. The van der Waals surface area contributed by atoms with Crippen LogP contribution in [0.2, 0.25) is 0 Å². The Morgan fingerprint density at radius 3 is 2.38 bits per heavy atom. The van der Waals surface area contributed by atoms with Crippen molar-refractivity contribution in [3.8, 4) is 11.5 Å². The highest BCUT2D eigenvalue weighted by Crippen LogP contribution is 2.28. The van der Waals surface area contributed by atoms with E-state index in [1.54, 1.807) is 7.11 Å². The summed E-state index contributed by atoms with van der Waals surface area (Å²) in [7, 11) is 3.50. The number of anilines is 1. The van der Waals surface area contributed by atoms with E-state index in [0.29, 0.717) is 13.2 Å². The molecule has 2 aromatic rings. The SMILES string of the molecule is CCOc1cc(CNC(=NC)N2CCN(c3ccccc3)CC2)ccc1OC.I. The van der Waals surface area contributed by atoms with Crippen molar-refractivity contribution in [3.63, 3.8) is 0 Å². The Bertz CT molecular complexity index is 778. The minimum absolute atomic E-state index is 0. The third-order valence-electron chi connectivity index (χ3n) is 4.89. The molecule has 0 atom stereocenters. The molecule has 3 rings (SSSR count). The van der Waals surface area contributed by atoms with Crippen molar-refractivity contribution >= 4 is 35.6 Å². The van der Waals surface area contributed by atoms with Gasteiger partial charge in [-0.2, -0.15) is 0 Å². The van der Waals surface area contributed by atoms with Crippen molar-refractivity contribution in [1.29, 1.82) is 0 Å². The van der Waals surface area contributed by atoms with Gasteiger partial charge in [0, 0.05) is 45.5 Å². The van der Waals surface area contributed by atoms with Crippen LogP contribution in [0.3, 0.4) is 0 Å². The van der Waals surface area contributed by atoms with Crippen LogP contribution in [0.15, 0.2) is 53.5 Å². The van der Waals surface area contributed by atoms with Crippen LogP contribution in [0.25, 0.3) is 0 Å². The van der Waals surface area contributed by atoms with Crippen LogP contribution in [0.5, 0.6) is 11.5 Å². The number of nitrogens with zero attached hydrogens (tertiary/aromatic N) is 3. The molecule has 0 bridgehead atoms. The van der Waals surface area contributed by atoms with Crippen molar-refractivity contribution in [1.82, 2.24) is 10.2 Å². The van der Waals surface area contributed by atoms with Crippen LogP contribution >= 0.6 is 24.0 Å². The quantitative estimate of drug-likeness (QED) is 0.366. The van der Waals surface area contributed by atoms with Crippen molar-refractivity contribution in [2.24, 2.45) is 4.99 Å². The first kappa shape index (κ1) is 23.1. The van der Waals surface area contributed by atoms with E-state index in [2.05, 4.69) is 56.5 Å². The molecule has 0 radical (unpaired) electrons. The first-order valence-electron chi connectivity index (χ1n) is 9.80. The minimum Gasteiger partial charge on any atom is -0.493 e. The molecule has 6 nitrogen and oxygen atoms in total. The maximum Gasteiger partial charge on any atom is 0.194 e. The van der Waals surface area contributed by atoms with Crippen molar-refractivity contribution in [2.45, 2.75) is 13.5 Å². The minimum atomic E-state index is 0. The fraction of sp³-hybridized carbons (Fsp3) is 0.409. The summed E-state index contributed by atoms with van der Waals surface area (Å²) in [5, 5.41) is 3.48. The summed E-state index contributed by atoms with van der Waals surface area (Å²) in [5.74, 6) is 2.46. The fourth-order valence-electron chi connectivity index (χ4n) is 3.43. The van der Waals surface area contributed by atoms with Crippen molar-refractivity contribution in [3.05, 3.63) is 54.1 Å². The molecular formula is C22H31IN4O2. The normalized spacial score (nSPS) is 14.2. The lowest BCUT2D eigenvalue weighted by molar-refractivity contribution is 0.310. The largest absolute Gasteiger partial charge is 0.493 e. The Labute approximate surface area is 190 Å². The summed E-state index contributed by atoms with van der Waals surface area (Å²) in [5.41, 5.74) is 2.42. The van der Waals surface area contributed by atoms with Gasteiger partial charge in [0.15, 0.2) is 17.5 Å². The molecule has 0 spiro atoms. The Balaban J connectivity index is 0.00000300. The highest BCUT2D eigenvalue weighted by molar-refractivity contribution is 14.0. The van der Waals surface area contributed by atoms with Gasteiger partial charge >= 0.3 is 0 Å².